The standard InChI is InChI=1S/C8H15ClO2/c1-10-8-11-7-5-3-2-4-6-9/h2-3H,4-8H2,1H3/b3-2+. The van der Waals surface area contributed by atoms with Crippen LogP contribution in [0.3, 0.4) is 0 Å². The van der Waals surface area contributed by atoms with Gasteiger partial charge < -0.3 is 9.47 Å². The molecular weight excluding hydrogens is 164 g/mol. The van der Waals surface area contributed by atoms with Crippen LogP contribution in [0.2, 0.25) is 0 Å². The number of hydrogen-bond acceptors (Lipinski definition) is 2. The van der Waals surface area contributed by atoms with Crippen molar-refractivity contribution in [2.45, 2.75) is 12.8 Å². The minimum absolute atomic E-state index is 0.378. The molecule has 0 rings (SSSR count). The highest BCUT2D eigenvalue weighted by atomic mass is 35.5. The second kappa shape index (κ2) is 9.95. The van der Waals surface area contributed by atoms with Crippen molar-refractivity contribution in [3.05, 3.63) is 12.2 Å². The average Bonchev–Trinajstić information content (AvgIpc) is 2.03. The molecule has 2 nitrogen and oxygen atoms in total. The summed E-state index contributed by atoms with van der Waals surface area (Å²) >= 11 is 5.46. The second-order valence-electron chi connectivity index (χ2n) is 2.05. The summed E-state index contributed by atoms with van der Waals surface area (Å²) < 4.78 is 9.76. The summed E-state index contributed by atoms with van der Waals surface area (Å²) in [4.78, 5) is 0. The Morgan fingerprint density at radius 2 is 2.00 bits per heavy atom. The molecule has 0 aromatic carbocycles. The maximum atomic E-state index is 5.46. The Kier molecular flexibility index (Phi) is 9.90. The van der Waals surface area contributed by atoms with Crippen LogP contribution in [-0.4, -0.2) is 26.4 Å². The highest BCUT2D eigenvalue weighted by Crippen LogP contribution is 1.90. The Bertz CT molecular complexity index is 94.1. The van der Waals surface area contributed by atoms with Crippen LogP contribution in [0, 0.1) is 0 Å². The minimum atomic E-state index is 0.378. The molecular formula is C8H15ClO2. The topological polar surface area (TPSA) is 18.5 Å². The maximum Gasteiger partial charge on any atom is 0.146 e. The van der Waals surface area contributed by atoms with Crippen LogP contribution < -0.4 is 0 Å². The number of hydrogen-bond donors (Lipinski definition) is 0. The van der Waals surface area contributed by atoms with E-state index < -0.39 is 0 Å². The van der Waals surface area contributed by atoms with Gasteiger partial charge in [-0.05, 0) is 12.8 Å². The summed E-state index contributed by atoms with van der Waals surface area (Å²) in [6, 6.07) is 0. The SMILES string of the molecule is COCOCC/C=C/CCCl. The fraction of sp³-hybridized carbons (Fsp3) is 0.750. The van der Waals surface area contributed by atoms with Crippen LogP contribution in [0.15, 0.2) is 12.2 Å². The van der Waals surface area contributed by atoms with Gasteiger partial charge in [-0.2, -0.15) is 0 Å². The zero-order valence-corrected chi connectivity index (χ0v) is 7.64. The lowest BCUT2D eigenvalue weighted by Crippen LogP contribution is -1.96. The minimum Gasteiger partial charge on any atom is -0.359 e. The molecule has 0 aliphatic carbocycles. The van der Waals surface area contributed by atoms with Gasteiger partial charge in [-0.3, -0.25) is 0 Å². The first kappa shape index (κ1) is 11.0. The Morgan fingerprint density at radius 3 is 2.64 bits per heavy atom. The third-order valence-electron chi connectivity index (χ3n) is 1.07. The van der Waals surface area contributed by atoms with Crippen LogP contribution in [0.25, 0.3) is 0 Å². The molecule has 0 atom stereocenters. The number of methoxy groups -OCH3 is 1. The van der Waals surface area contributed by atoms with Crippen molar-refractivity contribution in [2.75, 3.05) is 26.4 Å². The molecule has 0 amide bonds. The quantitative estimate of drug-likeness (QED) is 0.258. The monoisotopic (exact) mass is 178 g/mol. The van der Waals surface area contributed by atoms with E-state index in [1.807, 2.05) is 0 Å². The van der Waals surface area contributed by atoms with Crippen LogP contribution in [0.4, 0.5) is 0 Å². The number of alkyl halides is 1. The summed E-state index contributed by atoms with van der Waals surface area (Å²) in [5.41, 5.74) is 0. The van der Waals surface area contributed by atoms with Gasteiger partial charge in [0.25, 0.3) is 0 Å². The number of allylic oxidation sites excluding steroid dienone is 1. The lowest BCUT2D eigenvalue weighted by Gasteiger charge is -1.97. The smallest absolute Gasteiger partial charge is 0.146 e. The molecule has 0 heterocycles. The van der Waals surface area contributed by atoms with E-state index in [1.54, 1.807) is 7.11 Å². The first-order chi connectivity index (χ1) is 5.41. The van der Waals surface area contributed by atoms with E-state index in [9.17, 15) is 0 Å². The van der Waals surface area contributed by atoms with E-state index in [0.717, 1.165) is 12.8 Å². The lowest BCUT2D eigenvalue weighted by molar-refractivity contribution is -0.0285. The maximum absolute atomic E-state index is 5.46. The first-order valence-electron chi connectivity index (χ1n) is 3.69. The Hall–Kier alpha value is -0.0500. The summed E-state index contributed by atoms with van der Waals surface area (Å²) in [6.07, 6.45) is 5.99. The van der Waals surface area contributed by atoms with Crippen molar-refractivity contribution in [3.63, 3.8) is 0 Å². The molecule has 0 bridgehead atoms. The second-order valence-corrected chi connectivity index (χ2v) is 2.43. The van der Waals surface area contributed by atoms with Gasteiger partial charge in [0.1, 0.15) is 6.79 Å². The molecule has 66 valence electrons. The molecule has 0 aliphatic heterocycles. The van der Waals surface area contributed by atoms with Crippen molar-refractivity contribution in [1.82, 2.24) is 0 Å². The molecule has 0 N–H and O–H groups in total. The number of ether oxygens (including phenoxy) is 2. The van der Waals surface area contributed by atoms with Gasteiger partial charge in [0.15, 0.2) is 0 Å². The van der Waals surface area contributed by atoms with Crippen molar-refractivity contribution < 1.29 is 9.47 Å². The summed E-state index contributed by atoms with van der Waals surface area (Å²) in [5, 5.41) is 0. The Labute approximate surface area is 73.1 Å². The van der Waals surface area contributed by atoms with Gasteiger partial charge in [0.05, 0.1) is 6.61 Å². The fourth-order valence-electron chi connectivity index (χ4n) is 0.592. The zero-order chi connectivity index (χ0) is 8.36. The third kappa shape index (κ3) is 9.95. The normalized spacial score (nSPS) is 11.1. The van der Waals surface area contributed by atoms with E-state index in [-0.39, 0.29) is 0 Å². The van der Waals surface area contributed by atoms with Crippen molar-refractivity contribution in [1.29, 1.82) is 0 Å². The summed E-state index contributed by atoms with van der Waals surface area (Å²) in [7, 11) is 1.61. The molecule has 0 radical (unpaired) electrons. The highest BCUT2D eigenvalue weighted by molar-refractivity contribution is 6.17. The van der Waals surface area contributed by atoms with E-state index in [0.29, 0.717) is 19.3 Å². The van der Waals surface area contributed by atoms with E-state index in [1.165, 1.54) is 0 Å². The van der Waals surface area contributed by atoms with Gasteiger partial charge in [0.2, 0.25) is 0 Å². The molecule has 0 saturated carbocycles. The van der Waals surface area contributed by atoms with E-state index in [2.05, 4.69) is 12.2 Å². The lowest BCUT2D eigenvalue weighted by atomic mass is 10.3. The Morgan fingerprint density at radius 1 is 1.27 bits per heavy atom. The highest BCUT2D eigenvalue weighted by Gasteiger charge is 1.81. The summed E-state index contributed by atoms with van der Waals surface area (Å²) in [6.45, 7) is 1.09. The van der Waals surface area contributed by atoms with Gasteiger partial charge >= 0.3 is 0 Å². The molecule has 0 aromatic heterocycles. The number of halogens is 1. The van der Waals surface area contributed by atoms with Crippen LogP contribution in [-0.2, 0) is 9.47 Å². The average molecular weight is 179 g/mol. The predicted molar refractivity (Wildman–Crippen MR) is 46.9 cm³/mol. The molecule has 0 fully saturated rings. The first-order valence-corrected chi connectivity index (χ1v) is 4.23. The predicted octanol–water partition coefficient (Wildman–Crippen LogP) is 2.18. The molecule has 3 heteroatoms. The molecule has 0 spiro atoms. The van der Waals surface area contributed by atoms with Gasteiger partial charge in [-0.15, -0.1) is 11.6 Å². The molecule has 0 unspecified atom stereocenters. The van der Waals surface area contributed by atoms with Crippen molar-refractivity contribution in [3.8, 4) is 0 Å². The third-order valence-corrected chi connectivity index (χ3v) is 1.29. The number of rotatable bonds is 7. The Balaban J connectivity index is 2.89. The van der Waals surface area contributed by atoms with E-state index >= 15 is 0 Å². The van der Waals surface area contributed by atoms with Crippen LogP contribution in [0.5, 0.6) is 0 Å². The fourth-order valence-corrected chi connectivity index (χ4v) is 0.718. The van der Waals surface area contributed by atoms with Crippen molar-refractivity contribution >= 4 is 11.6 Å². The molecule has 0 saturated heterocycles. The van der Waals surface area contributed by atoms with E-state index in [4.69, 9.17) is 21.1 Å². The van der Waals surface area contributed by atoms with Crippen molar-refractivity contribution in [2.24, 2.45) is 0 Å². The molecule has 11 heavy (non-hydrogen) atoms. The largest absolute Gasteiger partial charge is 0.359 e. The van der Waals surface area contributed by atoms with Gasteiger partial charge in [-0.25, -0.2) is 0 Å². The molecule has 0 aromatic rings. The van der Waals surface area contributed by atoms with Gasteiger partial charge in [-0.1, -0.05) is 12.2 Å². The zero-order valence-electron chi connectivity index (χ0n) is 6.88. The van der Waals surface area contributed by atoms with Crippen LogP contribution >= 0.6 is 11.6 Å². The summed E-state index contributed by atoms with van der Waals surface area (Å²) in [5.74, 6) is 0.690. The van der Waals surface area contributed by atoms with Crippen LogP contribution in [0.1, 0.15) is 12.8 Å². The molecule has 0 aliphatic rings. The van der Waals surface area contributed by atoms with Gasteiger partial charge in [0, 0.05) is 13.0 Å².